The number of carbonyl (C=O) groups excluding carboxylic acids is 2. The van der Waals surface area contributed by atoms with Gasteiger partial charge in [-0.05, 0) is 30.3 Å². The molecule has 1 aromatic heterocycles. The van der Waals surface area contributed by atoms with Gasteiger partial charge in [-0.1, -0.05) is 23.4 Å². The van der Waals surface area contributed by atoms with Crippen LogP contribution in [-0.4, -0.2) is 48.2 Å². The van der Waals surface area contributed by atoms with Crippen molar-refractivity contribution in [2.24, 2.45) is 0 Å². The van der Waals surface area contributed by atoms with Crippen LogP contribution in [0.2, 0.25) is 0 Å². The summed E-state index contributed by atoms with van der Waals surface area (Å²) in [4.78, 5) is 26.7. The predicted molar refractivity (Wildman–Crippen MR) is 99.5 cm³/mol. The maximum absolute atomic E-state index is 12.6. The van der Waals surface area contributed by atoms with Gasteiger partial charge in [0.25, 0.3) is 5.91 Å². The average molecular weight is 365 g/mol. The standard InChI is InChI=1S/C20H19N3O4/c24-19(13-17-16-6-1-2-7-18(16)27-22-17)21-15-5-3-4-14(12-15)20(25)23-8-10-26-11-9-23/h1-7,12H,8-11,13H2,(H,21,24). The zero-order valence-electron chi connectivity index (χ0n) is 14.7. The topological polar surface area (TPSA) is 84.7 Å². The van der Waals surface area contributed by atoms with Crippen LogP contribution in [0.3, 0.4) is 0 Å². The predicted octanol–water partition coefficient (Wildman–Crippen LogP) is 2.48. The van der Waals surface area contributed by atoms with Crippen molar-refractivity contribution in [3.05, 3.63) is 59.8 Å². The number of rotatable bonds is 4. The number of hydrogen-bond acceptors (Lipinski definition) is 5. The molecule has 2 aromatic carbocycles. The molecule has 0 atom stereocenters. The van der Waals surface area contributed by atoms with Crippen LogP contribution in [0.5, 0.6) is 0 Å². The highest BCUT2D eigenvalue weighted by molar-refractivity contribution is 5.98. The molecule has 7 nitrogen and oxygen atoms in total. The fourth-order valence-electron chi connectivity index (χ4n) is 3.10. The van der Waals surface area contributed by atoms with Crippen molar-refractivity contribution in [3.8, 4) is 0 Å². The molecular formula is C20H19N3O4. The van der Waals surface area contributed by atoms with Crippen molar-refractivity contribution in [2.45, 2.75) is 6.42 Å². The number of aromatic nitrogens is 1. The minimum absolute atomic E-state index is 0.0584. The van der Waals surface area contributed by atoms with E-state index in [1.54, 1.807) is 29.2 Å². The van der Waals surface area contributed by atoms with E-state index < -0.39 is 0 Å². The molecule has 1 aliphatic heterocycles. The summed E-state index contributed by atoms with van der Waals surface area (Å²) in [6.07, 6.45) is 0.0959. The first-order valence-electron chi connectivity index (χ1n) is 8.81. The molecule has 3 aromatic rings. The lowest BCUT2D eigenvalue weighted by atomic mass is 10.1. The van der Waals surface area contributed by atoms with Gasteiger partial charge in [-0.2, -0.15) is 0 Å². The maximum atomic E-state index is 12.6. The molecule has 0 saturated carbocycles. The SMILES string of the molecule is O=C(Cc1noc2ccccc12)Nc1cccc(C(=O)N2CCOCC2)c1. The summed E-state index contributed by atoms with van der Waals surface area (Å²) < 4.78 is 10.5. The number of carbonyl (C=O) groups is 2. The lowest BCUT2D eigenvalue weighted by Crippen LogP contribution is -2.40. The average Bonchev–Trinajstić information content (AvgIpc) is 3.11. The Morgan fingerprint density at radius 2 is 1.89 bits per heavy atom. The third kappa shape index (κ3) is 3.83. The summed E-state index contributed by atoms with van der Waals surface area (Å²) in [6.45, 7) is 2.25. The molecule has 0 aliphatic carbocycles. The Bertz CT molecular complexity index is 976. The van der Waals surface area contributed by atoms with E-state index in [1.165, 1.54) is 0 Å². The lowest BCUT2D eigenvalue weighted by molar-refractivity contribution is -0.115. The Morgan fingerprint density at radius 1 is 1.07 bits per heavy atom. The largest absolute Gasteiger partial charge is 0.378 e. The number of fused-ring (bicyclic) bond motifs is 1. The number of anilines is 1. The molecule has 2 heterocycles. The first-order chi connectivity index (χ1) is 13.2. The third-order valence-electron chi connectivity index (χ3n) is 4.47. The second-order valence-corrected chi connectivity index (χ2v) is 6.34. The number of para-hydroxylation sites is 1. The van der Waals surface area contributed by atoms with E-state index in [0.717, 1.165) is 5.39 Å². The van der Waals surface area contributed by atoms with Gasteiger partial charge in [0.1, 0.15) is 5.69 Å². The van der Waals surface area contributed by atoms with Crippen LogP contribution in [0.15, 0.2) is 53.1 Å². The smallest absolute Gasteiger partial charge is 0.254 e. The zero-order valence-corrected chi connectivity index (χ0v) is 14.7. The second-order valence-electron chi connectivity index (χ2n) is 6.34. The minimum Gasteiger partial charge on any atom is -0.378 e. The minimum atomic E-state index is -0.218. The summed E-state index contributed by atoms with van der Waals surface area (Å²) in [7, 11) is 0. The highest BCUT2D eigenvalue weighted by Gasteiger charge is 2.19. The fraction of sp³-hybridized carbons (Fsp3) is 0.250. The lowest BCUT2D eigenvalue weighted by Gasteiger charge is -2.27. The third-order valence-corrected chi connectivity index (χ3v) is 4.47. The zero-order chi connectivity index (χ0) is 18.6. The van der Waals surface area contributed by atoms with Gasteiger partial charge >= 0.3 is 0 Å². The molecule has 1 fully saturated rings. The van der Waals surface area contributed by atoms with Gasteiger partial charge < -0.3 is 19.5 Å². The van der Waals surface area contributed by atoms with Crippen molar-refractivity contribution < 1.29 is 18.8 Å². The summed E-state index contributed by atoms with van der Waals surface area (Å²) in [5, 5.41) is 7.63. The van der Waals surface area contributed by atoms with Crippen LogP contribution in [0.4, 0.5) is 5.69 Å². The Morgan fingerprint density at radius 3 is 2.74 bits per heavy atom. The second kappa shape index (κ2) is 7.59. The molecule has 7 heteroatoms. The molecule has 0 radical (unpaired) electrons. The number of nitrogens with zero attached hydrogens (tertiary/aromatic N) is 2. The van der Waals surface area contributed by atoms with Crippen molar-refractivity contribution in [1.29, 1.82) is 0 Å². The molecule has 4 rings (SSSR count). The molecule has 1 saturated heterocycles. The molecule has 1 N–H and O–H groups in total. The van der Waals surface area contributed by atoms with Crippen molar-refractivity contribution in [1.82, 2.24) is 10.1 Å². The van der Waals surface area contributed by atoms with Crippen molar-refractivity contribution >= 4 is 28.5 Å². The van der Waals surface area contributed by atoms with E-state index >= 15 is 0 Å². The van der Waals surface area contributed by atoms with Crippen molar-refractivity contribution in [3.63, 3.8) is 0 Å². The summed E-state index contributed by atoms with van der Waals surface area (Å²) in [6, 6.07) is 14.4. The van der Waals surface area contributed by atoms with Gasteiger partial charge in [-0.25, -0.2) is 0 Å². The number of amides is 2. The number of benzene rings is 2. The molecular weight excluding hydrogens is 346 g/mol. The van der Waals surface area contributed by atoms with Gasteiger partial charge in [-0.15, -0.1) is 0 Å². The Balaban J connectivity index is 1.44. The van der Waals surface area contributed by atoms with E-state index in [0.29, 0.717) is 48.8 Å². The Hall–Kier alpha value is -3.19. The normalized spacial score (nSPS) is 14.3. The van der Waals surface area contributed by atoms with Gasteiger partial charge in [-0.3, -0.25) is 9.59 Å². The van der Waals surface area contributed by atoms with Crippen LogP contribution < -0.4 is 5.32 Å². The van der Waals surface area contributed by atoms with Crippen LogP contribution >= 0.6 is 0 Å². The van der Waals surface area contributed by atoms with E-state index in [-0.39, 0.29) is 18.2 Å². The monoisotopic (exact) mass is 365 g/mol. The molecule has 1 aliphatic rings. The number of hydrogen-bond donors (Lipinski definition) is 1. The number of morpholine rings is 1. The van der Waals surface area contributed by atoms with Crippen LogP contribution in [0.25, 0.3) is 11.0 Å². The molecule has 0 spiro atoms. The van der Waals surface area contributed by atoms with Crippen molar-refractivity contribution in [2.75, 3.05) is 31.6 Å². The summed E-state index contributed by atoms with van der Waals surface area (Å²) in [5.74, 6) is -0.276. The highest BCUT2D eigenvalue weighted by Crippen LogP contribution is 2.19. The quantitative estimate of drug-likeness (QED) is 0.768. The molecule has 138 valence electrons. The van der Waals surface area contributed by atoms with Gasteiger partial charge in [0.15, 0.2) is 5.58 Å². The van der Waals surface area contributed by atoms with E-state index in [9.17, 15) is 9.59 Å². The summed E-state index contributed by atoms with van der Waals surface area (Å²) in [5.41, 5.74) is 2.36. The number of nitrogens with one attached hydrogen (secondary N) is 1. The fourth-order valence-corrected chi connectivity index (χ4v) is 3.10. The van der Waals surface area contributed by atoms with E-state index in [1.807, 2.05) is 24.3 Å². The van der Waals surface area contributed by atoms with Crippen LogP contribution in [0, 0.1) is 0 Å². The first-order valence-corrected chi connectivity index (χ1v) is 8.81. The Labute approximate surface area is 155 Å². The molecule has 0 bridgehead atoms. The van der Waals surface area contributed by atoms with E-state index in [4.69, 9.17) is 9.26 Å². The number of ether oxygens (including phenoxy) is 1. The first kappa shape index (κ1) is 17.2. The van der Waals surface area contributed by atoms with E-state index in [2.05, 4.69) is 10.5 Å². The van der Waals surface area contributed by atoms with Gasteiger partial charge in [0, 0.05) is 29.7 Å². The Kier molecular flexibility index (Phi) is 4.84. The van der Waals surface area contributed by atoms with Crippen LogP contribution in [-0.2, 0) is 16.0 Å². The molecule has 0 unspecified atom stereocenters. The van der Waals surface area contributed by atoms with Gasteiger partial charge in [0.2, 0.25) is 5.91 Å². The molecule has 27 heavy (non-hydrogen) atoms. The van der Waals surface area contributed by atoms with Crippen LogP contribution in [0.1, 0.15) is 16.1 Å². The highest BCUT2D eigenvalue weighted by atomic mass is 16.5. The molecule has 2 amide bonds. The summed E-state index contributed by atoms with van der Waals surface area (Å²) >= 11 is 0. The maximum Gasteiger partial charge on any atom is 0.254 e. The van der Waals surface area contributed by atoms with Gasteiger partial charge in [0.05, 0.1) is 19.6 Å².